The minimum absolute atomic E-state index is 0.143. The molecule has 0 aliphatic rings. The van der Waals surface area contributed by atoms with Crippen molar-refractivity contribution < 1.29 is 18.7 Å². The molecule has 0 aliphatic heterocycles. The van der Waals surface area contributed by atoms with Crippen molar-refractivity contribution in [3.8, 4) is 0 Å². The van der Waals surface area contributed by atoms with Gasteiger partial charge in [-0.05, 0) is 24.3 Å². The molecule has 0 heterocycles. The van der Waals surface area contributed by atoms with E-state index in [4.69, 9.17) is 5.11 Å². The number of halogens is 2. The van der Waals surface area contributed by atoms with Gasteiger partial charge in [0, 0.05) is 23.9 Å². The quantitative estimate of drug-likeness (QED) is 0.890. The van der Waals surface area contributed by atoms with Gasteiger partial charge in [-0.25, -0.2) is 13.6 Å². The van der Waals surface area contributed by atoms with Crippen LogP contribution in [0.4, 0.5) is 14.5 Å². The number of hydrogen-bond donors (Lipinski definition) is 2. The first kappa shape index (κ1) is 13.0. The van der Waals surface area contributed by atoms with Crippen LogP contribution in [0.2, 0.25) is 0 Å². The molecule has 0 atom stereocenters. The Bertz CT molecular complexity index is 614. The molecule has 5 heteroatoms. The third-order valence-corrected chi connectivity index (χ3v) is 2.61. The first-order chi connectivity index (χ1) is 9.06. The lowest BCUT2D eigenvalue weighted by atomic mass is 10.1. The van der Waals surface area contributed by atoms with Crippen LogP contribution in [0.25, 0.3) is 0 Å². The van der Waals surface area contributed by atoms with Crippen molar-refractivity contribution in [1.29, 1.82) is 0 Å². The second kappa shape index (κ2) is 5.48. The first-order valence-electron chi connectivity index (χ1n) is 5.57. The summed E-state index contributed by atoms with van der Waals surface area (Å²) in [5, 5.41) is 11.7. The molecule has 0 saturated heterocycles. The number of carboxylic acids is 1. The zero-order valence-corrected chi connectivity index (χ0v) is 9.86. The maximum absolute atomic E-state index is 13.4. The summed E-state index contributed by atoms with van der Waals surface area (Å²) in [5.41, 5.74) is 1.01. The number of carboxylic acid groups (broad SMARTS) is 1. The van der Waals surface area contributed by atoms with E-state index in [-0.39, 0.29) is 12.1 Å². The molecule has 0 saturated carbocycles. The van der Waals surface area contributed by atoms with Crippen molar-refractivity contribution in [1.82, 2.24) is 0 Å². The van der Waals surface area contributed by atoms with E-state index < -0.39 is 17.6 Å². The van der Waals surface area contributed by atoms with Crippen LogP contribution >= 0.6 is 0 Å². The normalized spacial score (nSPS) is 10.2. The van der Waals surface area contributed by atoms with Crippen LogP contribution in [0.1, 0.15) is 15.9 Å². The van der Waals surface area contributed by atoms with Crippen molar-refractivity contribution >= 4 is 11.7 Å². The minimum Gasteiger partial charge on any atom is -0.478 e. The fraction of sp³-hybridized carbons (Fsp3) is 0.0714. The lowest BCUT2D eigenvalue weighted by Gasteiger charge is -2.08. The van der Waals surface area contributed by atoms with Crippen LogP contribution in [0.15, 0.2) is 42.5 Å². The van der Waals surface area contributed by atoms with Crippen LogP contribution in [0, 0.1) is 11.6 Å². The largest absolute Gasteiger partial charge is 0.478 e. The molecule has 3 nitrogen and oxygen atoms in total. The van der Waals surface area contributed by atoms with E-state index in [9.17, 15) is 13.6 Å². The van der Waals surface area contributed by atoms with Gasteiger partial charge in [-0.3, -0.25) is 0 Å². The monoisotopic (exact) mass is 263 g/mol. The number of rotatable bonds is 4. The Morgan fingerprint density at radius 3 is 2.63 bits per heavy atom. The van der Waals surface area contributed by atoms with Crippen molar-refractivity contribution in [2.24, 2.45) is 0 Å². The smallest absolute Gasteiger partial charge is 0.335 e. The molecular formula is C14H11F2NO2. The number of aromatic carboxylic acids is 1. The molecule has 2 rings (SSSR count). The summed E-state index contributed by atoms with van der Waals surface area (Å²) in [6, 6.07) is 9.51. The van der Waals surface area contributed by atoms with Gasteiger partial charge in [0.2, 0.25) is 0 Å². The topological polar surface area (TPSA) is 49.3 Å². The Hall–Kier alpha value is -2.43. The van der Waals surface area contributed by atoms with Gasteiger partial charge in [0.15, 0.2) is 0 Å². The molecule has 19 heavy (non-hydrogen) atoms. The zero-order valence-electron chi connectivity index (χ0n) is 9.86. The van der Waals surface area contributed by atoms with Gasteiger partial charge >= 0.3 is 5.97 Å². The van der Waals surface area contributed by atoms with Gasteiger partial charge in [-0.2, -0.15) is 0 Å². The van der Waals surface area contributed by atoms with Gasteiger partial charge in [-0.1, -0.05) is 12.1 Å². The van der Waals surface area contributed by atoms with Crippen LogP contribution < -0.4 is 5.32 Å². The molecule has 0 aliphatic carbocycles. The minimum atomic E-state index is -1.03. The lowest BCUT2D eigenvalue weighted by molar-refractivity contribution is 0.0697. The highest BCUT2D eigenvalue weighted by Crippen LogP contribution is 2.14. The van der Waals surface area contributed by atoms with E-state index in [0.717, 1.165) is 6.07 Å². The summed E-state index contributed by atoms with van der Waals surface area (Å²) >= 11 is 0. The van der Waals surface area contributed by atoms with Crippen molar-refractivity contribution in [2.75, 3.05) is 5.32 Å². The second-order valence-corrected chi connectivity index (χ2v) is 3.98. The SMILES string of the molecule is O=C(O)c1cccc(NCc2ccc(F)cc2F)c1. The third kappa shape index (κ3) is 3.28. The van der Waals surface area contributed by atoms with Gasteiger partial charge in [0.1, 0.15) is 11.6 Å². The first-order valence-corrected chi connectivity index (χ1v) is 5.57. The van der Waals surface area contributed by atoms with E-state index in [1.807, 2.05) is 0 Å². The van der Waals surface area contributed by atoms with Crippen molar-refractivity contribution in [3.05, 3.63) is 65.2 Å². The van der Waals surface area contributed by atoms with E-state index in [0.29, 0.717) is 11.3 Å². The predicted molar refractivity (Wildman–Crippen MR) is 67.1 cm³/mol. The number of anilines is 1. The molecule has 0 bridgehead atoms. The molecule has 0 spiro atoms. The zero-order chi connectivity index (χ0) is 13.8. The van der Waals surface area contributed by atoms with Gasteiger partial charge < -0.3 is 10.4 Å². The van der Waals surface area contributed by atoms with E-state index in [1.54, 1.807) is 12.1 Å². The average molecular weight is 263 g/mol. The van der Waals surface area contributed by atoms with Gasteiger partial charge in [-0.15, -0.1) is 0 Å². The van der Waals surface area contributed by atoms with Crippen molar-refractivity contribution in [2.45, 2.75) is 6.54 Å². The van der Waals surface area contributed by atoms with Crippen molar-refractivity contribution in [3.63, 3.8) is 0 Å². The Morgan fingerprint density at radius 1 is 1.16 bits per heavy atom. The number of hydrogen-bond acceptors (Lipinski definition) is 2. The molecule has 98 valence electrons. The summed E-state index contributed by atoms with van der Waals surface area (Å²) in [5.74, 6) is -2.30. The highest BCUT2D eigenvalue weighted by atomic mass is 19.1. The molecule has 2 N–H and O–H groups in total. The summed E-state index contributed by atoms with van der Waals surface area (Å²) < 4.78 is 26.1. The number of carbonyl (C=O) groups is 1. The van der Waals surface area contributed by atoms with E-state index in [2.05, 4.69) is 5.32 Å². The number of benzene rings is 2. The molecule has 0 fully saturated rings. The Labute approximate surface area is 108 Å². The maximum atomic E-state index is 13.4. The maximum Gasteiger partial charge on any atom is 0.335 e. The lowest BCUT2D eigenvalue weighted by Crippen LogP contribution is -2.03. The fourth-order valence-electron chi connectivity index (χ4n) is 1.62. The Balaban J connectivity index is 2.10. The standard InChI is InChI=1S/C14H11F2NO2/c15-11-5-4-10(13(16)7-11)8-17-12-3-1-2-9(6-12)14(18)19/h1-7,17H,8H2,(H,18,19). The molecular weight excluding hydrogens is 252 g/mol. The summed E-state index contributed by atoms with van der Waals surface area (Å²) in [7, 11) is 0. The van der Waals surface area contributed by atoms with Crippen LogP contribution in [-0.4, -0.2) is 11.1 Å². The summed E-state index contributed by atoms with van der Waals surface area (Å²) in [6.07, 6.45) is 0. The summed E-state index contributed by atoms with van der Waals surface area (Å²) in [6.45, 7) is 0.148. The Kier molecular flexibility index (Phi) is 3.75. The van der Waals surface area contributed by atoms with Gasteiger partial charge in [0.05, 0.1) is 5.56 Å². The van der Waals surface area contributed by atoms with Crippen LogP contribution in [-0.2, 0) is 6.54 Å². The van der Waals surface area contributed by atoms with Crippen LogP contribution in [0.5, 0.6) is 0 Å². The molecule has 2 aromatic rings. The Morgan fingerprint density at radius 2 is 1.95 bits per heavy atom. The third-order valence-electron chi connectivity index (χ3n) is 2.61. The van der Waals surface area contributed by atoms with E-state index >= 15 is 0 Å². The molecule has 0 unspecified atom stereocenters. The second-order valence-electron chi connectivity index (χ2n) is 3.98. The molecule has 0 amide bonds. The van der Waals surface area contributed by atoms with Gasteiger partial charge in [0.25, 0.3) is 0 Å². The highest BCUT2D eigenvalue weighted by molar-refractivity contribution is 5.88. The number of nitrogens with one attached hydrogen (secondary N) is 1. The molecule has 0 radical (unpaired) electrons. The molecule has 0 aromatic heterocycles. The predicted octanol–water partition coefficient (Wildman–Crippen LogP) is 3.28. The fourth-order valence-corrected chi connectivity index (χ4v) is 1.62. The van der Waals surface area contributed by atoms with Crippen LogP contribution in [0.3, 0.4) is 0 Å². The molecule has 2 aromatic carbocycles. The average Bonchev–Trinajstić information content (AvgIpc) is 2.38. The van der Waals surface area contributed by atoms with E-state index in [1.165, 1.54) is 24.3 Å². The highest BCUT2D eigenvalue weighted by Gasteiger charge is 2.05. The summed E-state index contributed by atoms with van der Waals surface area (Å²) in [4.78, 5) is 10.8.